The second-order valence-electron chi connectivity index (χ2n) is 7.02. The second kappa shape index (κ2) is 11.2. The normalized spacial score (nSPS) is 10.8. The molecule has 0 heterocycles. The van der Waals surface area contributed by atoms with Crippen molar-refractivity contribution in [2.75, 3.05) is 0 Å². The van der Waals surface area contributed by atoms with Gasteiger partial charge >= 0.3 is 7.82 Å². The van der Waals surface area contributed by atoms with E-state index in [0.717, 1.165) is 16.7 Å². The summed E-state index contributed by atoms with van der Waals surface area (Å²) in [5.74, 6) is 1.24. The summed E-state index contributed by atoms with van der Waals surface area (Å²) in [6.45, 7) is 11.4. The monoisotopic (exact) mass is 446 g/mol. The fourth-order valence-corrected chi connectivity index (χ4v) is 4.54. The van der Waals surface area contributed by atoms with E-state index in [1.165, 1.54) is 0 Å². The quantitative estimate of drug-likeness (QED) is 0.213. The molecular weight excluding hydrogens is 419 g/mol. The molecular formula is C27H27O4P. The Balaban J connectivity index is 2.03. The van der Waals surface area contributed by atoms with Crippen LogP contribution in [0, 0.1) is 0 Å². The highest BCUT2D eigenvalue weighted by atomic mass is 31.2. The van der Waals surface area contributed by atoms with Crippen molar-refractivity contribution in [3.05, 3.63) is 127 Å². The lowest BCUT2D eigenvalue weighted by atomic mass is 10.1. The zero-order valence-corrected chi connectivity index (χ0v) is 18.9. The summed E-state index contributed by atoms with van der Waals surface area (Å²) >= 11 is 0. The fraction of sp³-hybridized carbons (Fsp3) is 0.111. The molecule has 0 aromatic heterocycles. The second-order valence-corrected chi connectivity index (χ2v) is 8.46. The number of phosphoric acid groups is 1. The minimum atomic E-state index is -4.14. The van der Waals surface area contributed by atoms with Gasteiger partial charge < -0.3 is 13.6 Å². The van der Waals surface area contributed by atoms with Crippen molar-refractivity contribution in [1.29, 1.82) is 0 Å². The van der Waals surface area contributed by atoms with Gasteiger partial charge in [-0.25, -0.2) is 0 Å². The Hall–Kier alpha value is -3.49. The van der Waals surface area contributed by atoms with Crippen molar-refractivity contribution in [2.24, 2.45) is 0 Å². The van der Waals surface area contributed by atoms with E-state index in [2.05, 4.69) is 19.7 Å². The summed E-state index contributed by atoms with van der Waals surface area (Å²) in [6, 6.07) is 22.0. The van der Waals surface area contributed by atoms with E-state index in [4.69, 9.17) is 13.6 Å². The van der Waals surface area contributed by atoms with Crippen molar-refractivity contribution in [3.63, 3.8) is 0 Å². The summed E-state index contributed by atoms with van der Waals surface area (Å²) in [5.41, 5.74) is 2.48. The van der Waals surface area contributed by atoms with Gasteiger partial charge in [-0.1, -0.05) is 72.8 Å². The number of rotatable bonds is 12. The first-order valence-electron chi connectivity index (χ1n) is 10.3. The molecule has 0 saturated carbocycles. The molecule has 0 atom stereocenters. The van der Waals surface area contributed by atoms with E-state index in [9.17, 15) is 4.57 Å². The third-order valence-electron chi connectivity index (χ3n) is 4.64. The van der Waals surface area contributed by atoms with Crippen LogP contribution in [0.25, 0.3) is 0 Å². The third-order valence-corrected chi connectivity index (χ3v) is 5.90. The fourth-order valence-electron chi connectivity index (χ4n) is 3.17. The maximum Gasteiger partial charge on any atom is 0.647 e. The maximum atomic E-state index is 14.0. The Morgan fingerprint density at radius 3 is 1.12 bits per heavy atom. The number of benzene rings is 3. The van der Waals surface area contributed by atoms with Gasteiger partial charge in [-0.05, 0) is 54.2 Å². The van der Waals surface area contributed by atoms with Gasteiger partial charge in [0.15, 0.2) is 0 Å². The predicted octanol–water partition coefficient (Wildman–Crippen LogP) is 7.52. The first-order chi connectivity index (χ1) is 15.6. The number of hydrogen-bond donors (Lipinski definition) is 0. The number of phosphoric ester groups is 1. The molecule has 0 spiro atoms. The van der Waals surface area contributed by atoms with E-state index < -0.39 is 7.82 Å². The topological polar surface area (TPSA) is 44.8 Å². The number of allylic oxidation sites excluding steroid dienone is 3. The van der Waals surface area contributed by atoms with Crippen molar-refractivity contribution in [3.8, 4) is 17.2 Å². The average Bonchev–Trinajstić information content (AvgIpc) is 2.78. The molecule has 0 saturated heterocycles. The largest absolute Gasteiger partial charge is 0.647 e. The standard InChI is InChI=1S/C27H27O4P/c1-4-13-22-16-7-10-19-25(22)29-32(28,30-26-20-11-8-17-23(26)14-5-2)31-27-21-12-9-18-24(27)15-6-3/h4-12,16-21H,1-3,13-15H2. The van der Waals surface area contributed by atoms with Crippen molar-refractivity contribution in [1.82, 2.24) is 0 Å². The summed E-state index contributed by atoms with van der Waals surface area (Å²) in [7, 11) is -4.14. The Bertz CT molecular complexity index is 994. The third kappa shape index (κ3) is 6.03. The van der Waals surface area contributed by atoms with Gasteiger partial charge in [0.1, 0.15) is 17.2 Å². The molecule has 3 aromatic carbocycles. The van der Waals surface area contributed by atoms with E-state index in [-0.39, 0.29) is 0 Å². The van der Waals surface area contributed by atoms with Crippen LogP contribution >= 0.6 is 7.82 Å². The van der Waals surface area contributed by atoms with Crippen LogP contribution in [0.15, 0.2) is 111 Å². The lowest BCUT2D eigenvalue weighted by Gasteiger charge is -2.22. The van der Waals surface area contributed by atoms with Crippen LogP contribution in [0.3, 0.4) is 0 Å². The molecule has 3 aromatic rings. The van der Waals surface area contributed by atoms with Crippen LogP contribution in [-0.4, -0.2) is 0 Å². The smallest absolute Gasteiger partial charge is 0.386 e. The van der Waals surface area contributed by atoms with Gasteiger partial charge in [-0.15, -0.1) is 19.7 Å². The van der Waals surface area contributed by atoms with Gasteiger partial charge in [-0.2, -0.15) is 4.57 Å². The van der Waals surface area contributed by atoms with Crippen molar-refractivity contribution < 1.29 is 18.1 Å². The molecule has 0 fully saturated rings. The van der Waals surface area contributed by atoms with Crippen molar-refractivity contribution in [2.45, 2.75) is 19.3 Å². The Labute approximate surface area is 190 Å². The summed E-state index contributed by atoms with van der Waals surface area (Å²) in [5, 5.41) is 0. The zero-order chi connectivity index (χ0) is 22.8. The van der Waals surface area contributed by atoms with Gasteiger partial charge in [0.25, 0.3) is 0 Å². The van der Waals surface area contributed by atoms with Crippen LogP contribution in [-0.2, 0) is 23.8 Å². The average molecular weight is 446 g/mol. The van der Waals surface area contributed by atoms with Gasteiger partial charge in [0, 0.05) is 0 Å². The zero-order valence-electron chi connectivity index (χ0n) is 18.0. The predicted molar refractivity (Wildman–Crippen MR) is 131 cm³/mol. The highest BCUT2D eigenvalue weighted by molar-refractivity contribution is 7.49. The Morgan fingerprint density at radius 1 is 0.562 bits per heavy atom. The molecule has 0 aliphatic heterocycles. The van der Waals surface area contributed by atoms with Gasteiger partial charge in [0.05, 0.1) is 0 Å². The molecule has 0 bridgehead atoms. The molecule has 0 unspecified atom stereocenters. The number of para-hydroxylation sites is 3. The molecule has 0 radical (unpaired) electrons. The molecule has 164 valence electrons. The lowest BCUT2D eigenvalue weighted by molar-refractivity contribution is 0.296. The van der Waals surface area contributed by atoms with Crippen LogP contribution in [0.5, 0.6) is 17.2 Å². The molecule has 4 nitrogen and oxygen atoms in total. The molecule has 0 aliphatic carbocycles. The lowest BCUT2D eigenvalue weighted by Crippen LogP contribution is -2.10. The van der Waals surface area contributed by atoms with Crippen LogP contribution in [0.1, 0.15) is 16.7 Å². The van der Waals surface area contributed by atoms with Gasteiger partial charge in [0.2, 0.25) is 0 Å². The molecule has 0 N–H and O–H groups in total. The molecule has 32 heavy (non-hydrogen) atoms. The Morgan fingerprint density at radius 2 is 0.844 bits per heavy atom. The first kappa shape index (κ1) is 23.2. The maximum absolute atomic E-state index is 14.0. The SMILES string of the molecule is C=CCc1ccccc1OP(=O)(Oc1ccccc1CC=C)Oc1ccccc1CC=C. The minimum Gasteiger partial charge on any atom is -0.386 e. The molecule has 3 rings (SSSR count). The van der Waals surface area contributed by atoms with Crippen LogP contribution < -0.4 is 13.6 Å². The molecule has 5 heteroatoms. The van der Waals surface area contributed by atoms with E-state index in [0.29, 0.717) is 36.5 Å². The Kier molecular flexibility index (Phi) is 8.13. The minimum absolute atomic E-state index is 0.415. The highest BCUT2D eigenvalue weighted by Crippen LogP contribution is 2.51. The molecule has 0 amide bonds. The van der Waals surface area contributed by atoms with Crippen LogP contribution in [0.2, 0.25) is 0 Å². The highest BCUT2D eigenvalue weighted by Gasteiger charge is 2.35. The summed E-state index contributed by atoms with van der Waals surface area (Å²) in [4.78, 5) is 0. The summed E-state index contributed by atoms with van der Waals surface area (Å²) < 4.78 is 32.0. The van der Waals surface area contributed by atoms with E-state index >= 15 is 0 Å². The first-order valence-corrected chi connectivity index (χ1v) is 11.8. The number of hydrogen-bond acceptors (Lipinski definition) is 4. The summed E-state index contributed by atoms with van der Waals surface area (Å²) in [6.07, 6.45) is 6.93. The molecule has 0 aliphatic rings. The van der Waals surface area contributed by atoms with E-state index in [1.807, 2.05) is 54.6 Å². The van der Waals surface area contributed by atoms with Crippen molar-refractivity contribution >= 4 is 7.82 Å². The van der Waals surface area contributed by atoms with Gasteiger partial charge in [-0.3, -0.25) is 0 Å². The van der Waals surface area contributed by atoms with Crippen LogP contribution in [0.4, 0.5) is 0 Å². The van der Waals surface area contributed by atoms with E-state index in [1.54, 1.807) is 36.4 Å².